The Labute approximate surface area is 155 Å². The molecule has 1 aromatic carbocycles. The topological polar surface area (TPSA) is 55.8 Å². The molecule has 0 saturated carbocycles. The van der Waals surface area contributed by atoms with E-state index in [9.17, 15) is 14.3 Å². The van der Waals surface area contributed by atoms with Crippen LogP contribution in [-0.2, 0) is 6.42 Å². The van der Waals surface area contributed by atoms with Crippen molar-refractivity contribution in [2.75, 3.05) is 26.2 Å². The number of nitrogens with one attached hydrogen (secondary N) is 1. The second-order valence-corrected chi connectivity index (χ2v) is 8.25. The smallest absolute Gasteiger partial charge is 0.317 e. The number of carbonyl (C=O) groups is 1. The number of hydrogen-bond donors (Lipinski definition) is 2. The first kappa shape index (κ1) is 19.1. The van der Waals surface area contributed by atoms with Crippen molar-refractivity contribution in [3.8, 4) is 0 Å². The van der Waals surface area contributed by atoms with Gasteiger partial charge in [-0.3, -0.25) is 4.90 Å². The van der Waals surface area contributed by atoms with E-state index in [2.05, 4.69) is 10.2 Å². The summed E-state index contributed by atoms with van der Waals surface area (Å²) in [4.78, 5) is 16.7. The number of aliphatic hydroxyl groups excluding tert-OH is 1. The first-order valence-corrected chi connectivity index (χ1v) is 9.58. The van der Waals surface area contributed by atoms with E-state index in [1.54, 1.807) is 17.0 Å². The van der Waals surface area contributed by atoms with Crippen molar-refractivity contribution in [1.82, 2.24) is 15.1 Å². The second kappa shape index (κ2) is 7.92. The monoisotopic (exact) mass is 363 g/mol. The molecule has 2 saturated heterocycles. The van der Waals surface area contributed by atoms with E-state index in [0.29, 0.717) is 19.5 Å². The summed E-state index contributed by atoms with van der Waals surface area (Å²) < 4.78 is 13.1. The molecule has 2 N–H and O–H groups in total. The summed E-state index contributed by atoms with van der Waals surface area (Å²) in [7, 11) is 0. The van der Waals surface area contributed by atoms with Crippen LogP contribution in [0, 0.1) is 5.82 Å². The van der Waals surface area contributed by atoms with Gasteiger partial charge < -0.3 is 15.3 Å². The van der Waals surface area contributed by atoms with Gasteiger partial charge in [0.05, 0.1) is 12.1 Å². The van der Waals surface area contributed by atoms with Gasteiger partial charge in [0, 0.05) is 18.6 Å². The number of aliphatic hydroxyl groups is 1. The highest BCUT2D eigenvalue weighted by Crippen LogP contribution is 2.22. The summed E-state index contributed by atoms with van der Waals surface area (Å²) >= 11 is 0. The molecule has 2 amide bonds. The predicted molar refractivity (Wildman–Crippen MR) is 99.5 cm³/mol. The van der Waals surface area contributed by atoms with Crippen LogP contribution in [0.4, 0.5) is 9.18 Å². The Hall–Kier alpha value is -1.66. The zero-order chi connectivity index (χ0) is 18.7. The molecule has 0 aliphatic carbocycles. The molecule has 6 heteroatoms. The molecule has 0 spiro atoms. The van der Waals surface area contributed by atoms with Crippen LogP contribution in [0.3, 0.4) is 0 Å². The van der Waals surface area contributed by atoms with E-state index in [1.165, 1.54) is 31.4 Å². The van der Waals surface area contributed by atoms with Crippen molar-refractivity contribution in [1.29, 1.82) is 0 Å². The molecule has 0 aromatic heterocycles. The average molecular weight is 363 g/mol. The molecule has 2 aliphatic rings. The molecule has 0 unspecified atom stereocenters. The number of piperidine rings is 1. The van der Waals surface area contributed by atoms with Gasteiger partial charge in [-0.05, 0) is 63.9 Å². The standard InChI is InChI=1S/C20H30FN3O2/c1-20(2,12-15-6-8-16(21)9-7-15)22-19(26)24-13-17(18(25)14-24)23-10-4-3-5-11-23/h6-9,17-18,25H,3-5,10-14H2,1-2H3,(H,22,26)/t17-,18-/m0/s1. The molecular weight excluding hydrogens is 333 g/mol. The quantitative estimate of drug-likeness (QED) is 0.864. The number of benzene rings is 1. The van der Waals surface area contributed by atoms with Crippen LogP contribution < -0.4 is 5.32 Å². The Balaban J connectivity index is 1.56. The van der Waals surface area contributed by atoms with Crippen LogP contribution in [0.1, 0.15) is 38.7 Å². The van der Waals surface area contributed by atoms with Crippen molar-refractivity contribution in [2.24, 2.45) is 0 Å². The maximum absolute atomic E-state index is 13.1. The number of amides is 2. The lowest BCUT2D eigenvalue weighted by Crippen LogP contribution is -2.51. The molecular formula is C20H30FN3O2. The lowest BCUT2D eigenvalue weighted by Gasteiger charge is -2.33. The summed E-state index contributed by atoms with van der Waals surface area (Å²) in [6, 6.07) is 6.27. The number of carbonyl (C=O) groups excluding carboxylic acids is 1. The summed E-state index contributed by atoms with van der Waals surface area (Å²) in [6.45, 7) is 6.88. The lowest BCUT2D eigenvalue weighted by atomic mass is 9.95. The molecule has 0 radical (unpaired) electrons. The first-order chi connectivity index (χ1) is 12.3. The fourth-order valence-corrected chi connectivity index (χ4v) is 4.07. The molecule has 1 aromatic rings. The minimum atomic E-state index is -0.487. The van der Waals surface area contributed by atoms with E-state index >= 15 is 0 Å². The fraction of sp³-hybridized carbons (Fsp3) is 0.650. The van der Waals surface area contributed by atoms with Crippen molar-refractivity contribution >= 4 is 6.03 Å². The van der Waals surface area contributed by atoms with E-state index in [1.807, 2.05) is 13.8 Å². The predicted octanol–water partition coefficient (Wildman–Crippen LogP) is 2.39. The summed E-state index contributed by atoms with van der Waals surface area (Å²) in [5, 5.41) is 13.5. The van der Waals surface area contributed by atoms with E-state index in [-0.39, 0.29) is 17.9 Å². The van der Waals surface area contributed by atoms with Gasteiger partial charge >= 0.3 is 6.03 Å². The fourth-order valence-electron chi connectivity index (χ4n) is 4.07. The van der Waals surface area contributed by atoms with Gasteiger partial charge in [-0.2, -0.15) is 0 Å². The minimum absolute atomic E-state index is 0.0428. The van der Waals surface area contributed by atoms with Gasteiger partial charge in [0.2, 0.25) is 0 Å². The molecule has 0 bridgehead atoms. The van der Waals surface area contributed by atoms with E-state index in [4.69, 9.17) is 0 Å². The van der Waals surface area contributed by atoms with Gasteiger partial charge in [0.1, 0.15) is 5.82 Å². The molecule has 144 valence electrons. The second-order valence-electron chi connectivity index (χ2n) is 8.25. The van der Waals surface area contributed by atoms with Gasteiger partial charge in [-0.25, -0.2) is 9.18 Å². The number of likely N-dealkylation sites (tertiary alicyclic amines) is 2. The van der Waals surface area contributed by atoms with Crippen LogP contribution in [0.15, 0.2) is 24.3 Å². The van der Waals surface area contributed by atoms with Gasteiger partial charge in [-0.15, -0.1) is 0 Å². The number of nitrogens with zero attached hydrogens (tertiary/aromatic N) is 2. The van der Waals surface area contributed by atoms with Gasteiger partial charge in [-0.1, -0.05) is 18.6 Å². The number of rotatable bonds is 4. The highest BCUT2D eigenvalue weighted by atomic mass is 19.1. The normalized spacial score (nSPS) is 24.7. The first-order valence-electron chi connectivity index (χ1n) is 9.58. The number of β-amino-alcohol motifs (C(OH)–C–C–N with tert-alkyl or cyclic N) is 1. The van der Waals surface area contributed by atoms with Crippen molar-refractivity contribution < 1.29 is 14.3 Å². The molecule has 2 atom stereocenters. The van der Waals surface area contributed by atoms with Crippen LogP contribution in [-0.4, -0.2) is 64.8 Å². The number of urea groups is 1. The maximum Gasteiger partial charge on any atom is 0.317 e. The zero-order valence-electron chi connectivity index (χ0n) is 15.7. The Morgan fingerprint density at radius 2 is 1.85 bits per heavy atom. The zero-order valence-corrected chi connectivity index (χ0v) is 15.7. The molecule has 3 rings (SSSR count). The third kappa shape index (κ3) is 4.74. The highest BCUT2D eigenvalue weighted by molar-refractivity contribution is 5.75. The van der Waals surface area contributed by atoms with Crippen LogP contribution in [0.25, 0.3) is 0 Å². The van der Waals surface area contributed by atoms with Crippen molar-refractivity contribution in [3.05, 3.63) is 35.6 Å². The van der Waals surface area contributed by atoms with Gasteiger partial charge in [0.15, 0.2) is 0 Å². The van der Waals surface area contributed by atoms with Crippen molar-refractivity contribution in [3.63, 3.8) is 0 Å². The average Bonchev–Trinajstić information content (AvgIpc) is 2.99. The Morgan fingerprint density at radius 3 is 2.50 bits per heavy atom. The number of halogens is 1. The molecule has 5 nitrogen and oxygen atoms in total. The van der Waals surface area contributed by atoms with E-state index < -0.39 is 11.6 Å². The molecule has 2 aliphatic heterocycles. The Bertz CT molecular complexity index is 614. The van der Waals surface area contributed by atoms with Crippen LogP contribution in [0.2, 0.25) is 0 Å². The highest BCUT2D eigenvalue weighted by Gasteiger charge is 2.38. The van der Waals surface area contributed by atoms with Crippen molar-refractivity contribution in [2.45, 2.75) is 57.2 Å². The summed E-state index contributed by atoms with van der Waals surface area (Å²) in [6.07, 6.45) is 3.71. The number of hydrogen-bond acceptors (Lipinski definition) is 3. The van der Waals surface area contributed by atoms with Gasteiger partial charge in [0.25, 0.3) is 0 Å². The minimum Gasteiger partial charge on any atom is -0.390 e. The SMILES string of the molecule is CC(C)(Cc1ccc(F)cc1)NC(=O)N1C[C@H](O)[C@@H](N2CCCCC2)C1. The molecule has 2 fully saturated rings. The Morgan fingerprint density at radius 1 is 1.19 bits per heavy atom. The lowest BCUT2D eigenvalue weighted by molar-refractivity contribution is 0.0706. The third-order valence-electron chi connectivity index (χ3n) is 5.41. The summed E-state index contributed by atoms with van der Waals surface area (Å²) in [5.74, 6) is -0.259. The third-order valence-corrected chi connectivity index (χ3v) is 5.41. The summed E-state index contributed by atoms with van der Waals surface area (Å²) in [5.41, 5.74) is 0.521. The maximum atomic E-state index is 13.1. The van der Waals surface area contributed by atoms with E-state index in [0.717, 1.165) is 18.7 Å². The molecule has 2 heterocycles. The Kier molecular flexibility index (Phi) is 5.82. The van der Waals surface area contributed by atoms with Crippen LogP contribution in [0.5, 0.6) is 0 Å². The van der Waals surface area contributed by atoms with Crippen LogP contribution >= 0.6 is 0 Å². The molecule has 26 heavy (non-hydrogen) atoms. The largest absolute Gasteiger partial charge is 0.390 e.